The number of nitrogens with zero attached hydrogens (tertiary/aromatic N) is 5. The van der Waals surface area contributed by atoms with E-state index in [1.165, 1.54) is 11.8 Å². The van der Waals surface area contributed by atoms with Crippen molar-refractivity contribution in [2.24, 2.45) is 5.10 Å². The average Bonchev–Trinajstić information content (AvgIpc) is 3.41. The average molecular weight is 545 g/mol. The van der Waals surface area contributed by atoms with Gasteiger partial charge in [-0.2, -0.15) is 5.10 Å². The first-order valence-electron chi connectivity index (χ1n) is 12.6. The van der Waals surface area contributed by atoms with Gasteiger partial charge in [-0.15, -0.1) is 10.2 Å². The molecule has 0 fully saturated rings. The van der Waals surface area contributed by atoms with Crippen molar-refractivity contribution in [3.63, 3.8) is 0 Å². The number of methoxy groups -OCH3 is 2. The monoisotopic (exact) mass is 544 g/mol. The lowest BCUT2D eigenvalue weighted by atomic mass is 10.2. The summed E-state index contributed by atoms with van der Waals surface area (Å²) < 4.78 is 12.5. The Morgan fingerprint density at radius 2 is 1.54 bits per heavy atom. The third kappa shape index (κ3) is 6.97. The maximum atomic E-state index is 12.6. The maximum Gasteiger partial charge on any atom is 0.250 e. The Morgan fingerprint density at radius 1 is 0.923 bits per heavy atom. The molecule has 4 rings (SSSR count). The van der Waals surface area contributed by atoms with E-state index in [1.54, 1.807) is 20.4 Å². The number of amides is 1. The fourth-order valence-electron chi connectivity index (χ4n) is 3.96. The highest BCUT2D eigenvalue weighted by atomic mass is 32.2. The van der Waals surface area contributed by atoms with Crippen LogP contribution < -0.4 is 19.8 Å². The highest BCUT2D eigenvalue weighted by Gasteiger charge is 2.17. The van der Waals surface area contributed by atoms with E-state index < -0.39 is 0 Å². The molecule has 0 unspecified atom stereocenters. The molecule has 1 amide bonds. The molecular formula is C29H32N6O3S. The van der Waals surface area contributed by atoms with Crippen LogP contribution in [0, 0.1) is 0 Å². The lowest BCUT2D eigenvalue weighted by Gasteiger charge is -2.20. The lowest BCUT2D eigenvalue weighted by molar-refractivity contribution is -0.118. The molecule has 0 aliphatic carbocycles. The predicted octanol–water partition coefficient (Wildman–Crippen LogP) is 5.04. The molecule has 202 valence electrons. The van der Waals surface area contributed by atoms with Crippen molar-refractivity contribution in [2.75, 3.05) is 38.0 Å². The minimum absolute atomic E-state index is 0.120. The summed E-state index contributed by atoms with van der Waals surface area (Å²) in [5.41, 5.74) is 6.38. The Hall–Kier alpha value is -4.31. The van der Waals surface area contributed by atoms with Gasteiger partial charge in [0, 0.05) is 30.0 Å². The van der Waals surface area contributed by atoms with E-state index in [4.69, 9.17) is 9.47 Å². The standard InChI is InChI=1S/C29H32N6O3S/c1-5-34(6-2)23-11-7-21(8-12-23)19-30-31-27(36)20-39-29-33-32-28(22-9-15-25(37-3)16-10-22)35(29)24-13-17-26(38-4)18-14-24/h7-19H,5-6,20H2,1-4H3,(H,31,36)/b30-19+. The van der Waals surface area contributed by atoms with Gasteiger partial charge in [0.15, 0.2) is 11.0 Å². The number of aromatic nitrogens is 3. The van der Waals surface area contributed by atoms with E-state index in [9.17, 15) is 4.79 Å². The van der Waals surface area contributed by atoms with Gasteiger partial charge in [-0.05, 0) is 80.1 Å². The van der Waals surface area contributed by atoms with Crippen LogP contribution in [0.15, 0.2) is 83.1 Å². The number of hydrogen-bond donors (Lipinski definition) is 1. The fraction of sp³-hybridized carbons (Fsp3) is 0.241. The topological polar surface area (TPSA) is 93.9 Å². The number of rotatable bonds is 12. The van der Waals surface area contributed by atoms with E-state index in [0.29, 0.717) is 11.0 Å². The molecule has 0 saturated carbocycles. The maximum absolute atomic E-state index is 12.6. The Kier molecular flexibility index (Phi) is 9.58. The summed E-state index contributed by atoms with van der Waals surface area (Å²) in [6.07, 6.45) is 1.64. The van der Waals surface area contributed by atoms with Crippen molar-refractivity contribution in [2.45, 2.75) is 19.0 Å². The Labute approximate surface area is 232 Å². The number of ether oxygens (including phenoxy) is 2. The summed E-state index contributed by atoms with van der Waals surface area (Å²) >= 11 is 1.28. The molecule has 10 heteroatoms. The molecule has 39 heavy (non-hydrogen) atoms. The van der Waals surface area contributed by atoms with Gasteiger partial charge in [-0.3, -0.25) is 9.36 Å². The molecule has 0 bridgehead atoms. The second kappa shape index (κ2) is 13.5. The summed E-state index contributed by atoms with van der Waals surface area (Å²) in [7, 11) is 3.25. The minimum atomic E-state index is -0.244. The van der Waals surface area contributed by atoms with Gasteiger partial charge in [0.05, 0.1) is 26.2 Å². The van der Waals surface area contributed by atoms with Crippen molar-refractivity contribution in [1.82, 2.24) is 20.2 Å². The first-order valence-corrected chi connectivity index (χ1v) is 13.6. The van der Waals surface area contributed by atoms with Crippen molar-refractivity contribution in [3.8, 4) is 28.6 Å². The summed E-state index contributed by atoms with van der Waals surface area (Å²) in [6.45, 7) is 6.16. The van der Waals surface area contributed by atoms with Crippen molar-refractivity contribution in [1.29, 1.82) is 0 Å². The second-order valence-corrected chi connectivity index (χ2v) is 9.36. The predicted molar refractivity (Wildman–Crippen MR) is 156 cm³/mol. The van der Waals surface area contributed by atoms with Gasteiger partial charge in [0.25, 0.3) is 5.91 Å². The van der Waals surface area contributed by atoms with Gasteiger partial charge in [-0.1, -0.05) is 23.9 Å². The van der Waals surface area contributed by atoms with Crippen LogP contribution in [-0.4, -0.2) is 59.9 Å². The number of anilines is 1. The van der Waals surface area contributed by atoms with E-state index in [2.05, 4.69) is 51.6 Å². The summed E-state index contributed by atoms with van der Waals surface area (Å²) in [4.78, 5) is 14.8. The Bertz CT molecular complexity index is 1380. The number of nitrogens with one attached hydrogen (secondary N) is 1. The van der Waals surface area contributed by atoms with Gasteiger partial charge < -0.3 is 14.4 Å². The van der Waals surface area contributed by atoms with Crippen LogP contribution >= 0.6 is 11.8 Å². The molecule has 3 aromatic carbocycles. The Morgan fingerprint density at radius 3 is 2.13 bits per heavy atom. The summed E-state index contributed by atoms with van der Waals surface area (Å²) in [6, 6.07) is 23.3. The Balaban J connectivity index is 1.46. The molecule has 1 aromatic heterocycles. The van der Waals surface area contributed by atoms with E-state index in [0.717, 1.165) is 47.1 Å². The van der Waals surface area contributed by atoms with Crippen molar-refractivity contribution in [3.05, 3.63) is 78.4 Å². The van der Waals surface area contributed by atoms with E-state index in [-0.39, 0.29) is 11.7 Å². The van der Waals surface area contributed by atoms with Crippen LogP contribution in [0.4, 0.5) is 5.69 Å². The van der Waals surface area contributed by atoms with E-state index >= 15 is 0 Å². The summed E-state index contributed by atoms with van der Waals surface area (Å²) in [5, 5.41) is 13.5. The number of thioether (sulfide) groups is 1. The molecule has 0 atom stereocenters. The van der Waals surface area contributed by atoms with Gasteiger partial charge >= 0.3 is 0 Å². The van der Waals surface area contributed by atoms with Crippen LogP contribution in [0.5, 0.6) is 11.5 Å². The lowest BCUT2D eigenvalue weighted by Crippen LogP contribution is -2.21. The van der Waals surface area contributed by atoms with Gasteiger partial charge in [-0.25, -0.2) is 5.43 Å². The highest BCUT2D eigenvalue weighted by Crippen LogP contribution is 2.29. The van der Waals surface area contributed by atoms with Crippen LogP contribution in [0.1, 0.15) is 19.4 Å². The molecule has 0 aliphatic rings. The molecular weight excluding hydrogens is 512 g/mol. The third-order valence-electron chi connectivity index (χ3n) is 6.07. The first-order chi connectivity index (χ1) is 19.1. The van der Waals surface area contributed by atoms with Crippen LogP contribution in [0.25, 0.3) is 17.1 Å². The summed E-state index contributed by atoms with van der Waals surface area (Å²) in [5.74, 6) is 2.02. The molecule has 1 N–H and O–H groups in total. The van der Waals surface area contributed by atoms with Crippen LogP contribution in [-0.2, 0) is 4.79 Å². The zero-order valence-electron chi connectivity index (χ0n) is 22.5. The van der Waals surface area contributed by atoms with Gasteiger partial charge in [0.2, 0.25) is 0 Å². The van der Waals surface area contributed by atoms with Crippen molar-refractivity contribution < 1.29 is 14.3 Å². The largest absolute Gasteiger partial charge is 0.497 e. The molecule has 0 spiro atoms. The van der Waals surface area contributed by atoms with Crippen LogP contribution in [0.3, 0.4) is 0 Å². The zero-order chi connectivity index (χ0) is 27.6. The third-order valence-corrected chi connectivity index (χ3v) is 7.00. The molecule has 0 radical (unpaired) electrons. The number of hydrazone groups is 1. The molecule has 0 saturated heterocycles. The number of carbonyl (C=O) groups excluding carboxylic acids is 1. The molecule has 0 aliphatic heterocycles. The van der Waals surface area contributed by atoms with Crippen LogP contribution in [0.2, 0.25) is 0 Å². The number of hydrogen-bond acceptors (Lipinski definition) is 8. The quantitative estimate of drug-likeness (QED) is 0.152. The highest BCUT2D eigenvalue weighted by molar-refractivity contribution is 7.99. The number of benzene rings is 3. The van der Waals surface area contributed by atoms with Crippen molar-refractivity contribution >= 4 is 29.6 Å². The zero-order valence-corrected chi connectivity index (χ0v) is 23.3. The minimum Gasteiger partial charge on any atom is -0.497 e. The van der Waals surface area contributed by atoms with E-state index in [1.807, 2.05) is 65.2 Å². The molecule has 1 heterocycles. The smallest absolute Gasteiger partial charge is 0.250 e. The SMILES string of the molecule is CCN(CC)c1ccc(/C=N/NC(=O)CSc2nnc(-c3ccc(OC)cc3)n2-c2ccc(OC)cc2)cc1. The first kappa shape index (κ1) is 27.7. The second-order valence-electron chi connectivity index (χ2n) is 8.41. The number of carbonyl (C=O) groups is 1. The molecule has 9 nitrogen and oxygen atoms in total. The molecule has 4 aromatic rings. The normalized spacial score (nSPS) is 11.0. The van der Waals surface area contributed by atoms with Gasteiger partial charge in [0.1, 0.15) is 11.5 Å². The fourth-order valence-corrected chi connectivity index (χ4v) is 4.70.